The lowest BCUT2D eigenvalue weighted by molar-refractivity contribution is -0.275. The van der Waals surface area contributed by atoms with Crippen LogP contribution in [0.3, 0.4) is 0 Å². The zero-order valence-corrected chi connectivity index (χ0v) is 15.8. The molecule has 1 aromatic heterocycles. The Bertz CT molecular complexity index is 1000. The van der Waals surface area contributed by atoms with E-state index in [1.165, 1.54) is 54.4 Å². The summed E-state index contributed by atoms with van der Waals surface area (Å²) in [5.74, 6) is -0.581. The number of nitrogens with zero attached hydrogens (tertiary/aromatic N) is 3. The van der Waals surface area contributed by atoms with Gasteiger partial charge < -0.3 is 14.2 Å². The van der Waals surface area contributed by atoms with E-state index in [1.807, 2.05) is 0 Å². The van der Waals surface area contributed by atoms with Crippen LogP contribution in [0, 0.1) is 5.82 Å². The summed E-state index contributed by atoms with van der Waals surface area (Å²) in [7, 11) is 1.48. The lowest BCUT2D eigenvalue weighted by Crippen LogP contribution is -2.27. The number of halogens is 4. The van der Waals surface area contributed by atoms with Crippen LogP contribution in [0.15, 0.2) is 53.1 Å². The van der Waals surface area contributed by atoms with E-state index in [4.69, 9.17) is 4.52 Å². The highest BCUT2D eigenvalue weighted by atomic mass is 19.4. The summed E-state index contributed by atoms with van der Waals surface area (Å²) in [6.07, 6.45) is -4.65. The minimum absolute atomic E-state index is 0.0177. The Morgan fingerprint density at radius 2 is 1.83 bits per heavy atom. The number of rotatable bonds is 7. The van der Waals surface area contributed by atoms with Gasteiger partial charge in [0.1, 0.15) is 11.6 Å². The van der Waals surface area contributed by atoms with Crippen LogP contribution in [-0.4, -0.2) is 34.4 Å². The van der Waals surface area contributed by atoms with Crippen LogP contribution < -0.4 is 4.74 Å². The number of carbonyl (C=O) groups excluding carboxylic acids is 1. The zero-order chi connectivity index (χ0) is 21.7. The van der Waals surface area contributed by atoms with Crippen molar-refractivity contribution in [3.05, 3.63) is 65.8 Å². The highest BCUT2D eigenvalue weighted by molar-refractivity contribution is 5.76. The van der Waals surface area contributed by atoms with Gasteiger partial charge in [-0.3, -0.25) is 4.79 Å². The molecular weight excluding hydrogens is 406 g/mol. The monoisotopic (exact) mass is 423 g/mol. The summed E-state index contributed by atoms with van der Waals surface area (Å²) in [4.78, 5) is 17.8. The van der Waals surface area contributed by atoms with Crippen molar-refractivity contribution in [3.8, 4) is 17.1 Å². The summed E-state index contributed by atoms with van der Waals surface area (Å²) < 4.78 is 59.7. The Labute approximate surface area is 169 Å². The van der Waals surface area contributed by atoms with Crippen LogP contribution in [0.4, 0.5) is 17.6 Å². The fraction of sp³-hybridized carbons (Fsp3) is 0.250. The number of alkyl halides is 3. The molecule has 0 unspecified atom stereocenters. The van der Waals surface area contributed by atoms with E-state index in [2.05, 4.69) is 14.9 Å². The fourth-order valence-electron chi connectivity index (χ4n) is 2.68. The smallest absolute Gasteiger partial charge is 0.405 e. The van der Waals surface area contributed by atoms with Crippen LogP contribution in [-0.2, 0) is 17.8 Å². The van der Waals surface area contributed by atoms with Gasteiger partial charge in [0.2, 0.25) is 17.6 Å². The molecule has 0 aliphatic heterocycles. The van der Waals surface area contributed by atoms with Crippen molar-refractivity contribution in [2.45, 2.75) is 25.7 Å². The van der Waals surface area contributed by atoms with Crippen LogP contribution >= 0.6 is 0 Å². The first-order valence-corrected chi connectivity index (χ1v) is 8.87. The van der Waals surface area contributed by atoms with E-state index >= 15 is 0 Å². The van der Waals surface area contributed by atoms with Gasteiger partial charge in [-0.2, -0.15) is 4.98 Å². The maximum absolute atomic E-state index is 13.0. The molecule has 0 saturated heterocycles. The predicted molar refractivity (Wildman–Crippen MR) is 97.6 cm³/mol. The SMILES string of the molecule is CN(Cc1ccccc1OC(F)(F)F)C(=O)CCc1nc(-c2ccc(F)cc2)no1. The van der Waals surface area contributed by atoms with Crippen LogP contribution in [0.25, 0.3) is 11.4 Å². The van der Waals surface area contributed by atoms with Crippen molar-refractivity contribution in [1.82, 2.24) is 15.0 Å². The van der Waals surface area contributed by atoms with Crippen molar-refractivity contribution in [2.24, 2.45) is 0 Å². The molecule has 2 aromatic carbocycles. The zero-order valence-electron chi connectivity index (χ0n) is 15.8. The molecule has 6 nitrogen and oxygen atoms in total. The highest BCUT2D eigenvalue weighted by Crippen LogP contribution is 2.27. The molecule has 1 amide bonds. The molecule has 1 heterocycles. The maximum atomic E-state index is 13.0. The van der Waals surface area contributed by atoms with E-state index in [0.717, 1.165) is 0 Å². The van der Waals surface area contributed by atoms with Gasteiger partial charge in [0, 0.05) is 37.6 Å². The summed E-state index contributed by atoms with van der Waals surface area (Å²) in [5, 5.41) is 3.80. The largest absolute Gasteiger partial charge is 0.573 e. The summed E-state index contributed by atoms with van der Waals surface area (Å²) in [5.41, 5.74) is 0.790. The van der Waals surface area contributed by atoms with Gasteiger partial charge in [-0.15, -0.1) is 13.2 Å². The number of hydrogen-bond donors (Lipinski definition) is 0. The Hall–Kier alpha value is -3.43. The second kappa shape index (κ2) is 8.93. The number of hydrogen-bond acceptors (Lipinski definition) is 5. The second-order valence-electron chi connectivity index (χ2n) is 6.42. The molecular formula is C20H17F4N3O3. The molecule has 0 atom stereocenters. The number of carbonyl (C=O) groups is 1. The van der Waals surface area contributed by atoms with E-state index < -0.39 is 12.2 Å². The second-order valence-corrected chi connectivity index (χ2v) is 6.42. The fourth-order valence-corrected chi connectivity index (χ4v) is 2.68. The minimum atomic E-state index is -4.82. The molecule has 3 rings (SSSR count). The first kappa shape index (κ1) is 21.3. The molecule has 158 valence electrons. The molecule has 0 saturated carbocycles. The topological polar surface area (TPSA) is 68.5 Å². The molecule has 0 N–H and O–H groups in total. The van der Waals surface area contributed by atoms with Gasteiger partial charge in [0.15, 0.2) is 0 Å². The number of amides is 1. The molecule has 0 spiro atoms. The Balaban J connectivity index is 1.58. The van der Waals surface area contributed by atoms with Crippen LogP contribution in [0.1, 0.15) is 17.9 Å². The summed E-state index contributed by atoms with van der Waals surface area (Å²) >= 11 is 0. The quantitative estimate of drug-likeness (QED) is 0.528. The molecule has 0 radical (unpaired) electrons. The average molecular weight is 423 g/mol. The lowest BCUT2D eigenvalue weighted by atomic mass is 10.2. The third-order valence-electron chi connectivity index (χ3n) is 4.15. The molecule has 10 heteroatoms. The lowest BCUT2D eigenvalue weighted by Gasteiger charge is -2.19. The van der Waals surface area contributed by atoms with Crippen molar-refractivity contribution >= 4 is 5.91 Å². The van der Waals surface area contributed by atoms with E-state index in [-0.39, 0.29) is 48.3 Å². The Kier molecular flexibility index (Phi) is 6.34. The molecule has 0 aliphatic carbocycles. The Morgan fingerprint density at radius 3 is 2.53 bits per heavy atom. The number of para-hydroxylation sites is 1. The number of ether oxygens (including phenoxy) is 1. The molecule has 30 heavy (non-hydrogen) atoms. The maximum Gasteiger partial charge on any atom is 0.573 e. The minimum Gasteiger partial charge on any atom is -0.405 e. The van der Waals surface area contributed by atoms with Crippen molar-refractivity contribution in [2.75, 3.05) is 7.05 Å². The number of aromatic nitrogens is 2. The van der Waals surface area contributed by atoms with Gasteiger partial charge >= 0.3 is 6.36 Å². The van der Waals surface area contributed by atoms with E-state index in [9.17, 15) is 22.4 Å². The highest BCUT2D eigenvalue weighted by Gasteiger charge is 2.32. The van der Waals surface area contributed by atoms with Gasteiger partial charge in [-0.25, -0.2) is 4.39 Å². The van der Waals surface area contributed by atoms with Crippen molar-refractivity contribution in [1.29, 1.82) is 0 Å². The standard InChI is InChI=1S/C20H17F4N3O3/c1-27(12-14-4-2-3-5-16(14)29-20(22,23)24)18(28)11-10-17-25-19(26-30-17)13-6-8-15(21)9-7-13/h2-9H,10-12H2,1H3. The van der Waals surface area contributed by atoms with E-state index in [0.29, 0.717) is 5.56 Å². The van der Waals surface area contributed by atoms with Gasteiger partial charge in [-0.1, -0.05) is 23.4 Å². The molecule has 0 aliphatic rings. The number of aryl methyl sites for hydroxylation is 1. The Morgan fingerprint density at radius 1 is 1.13 bits per heavy atom. The predicted octanol–water partition coefficient (Wildman–Crippen LogP) is 4.37. The normalized spacial score (nSPS) is 11.4. The summed E-state index contributed by atoms with van der Waals surface area (Å²) in [6, 6.07) is 11.2. The third-order valence-corrected chi connectivity index (χ3v) is 4.15. The van der Waals surface area contributed by atoms with Crippen molar-refractivity contribution in [3.63, 3.8) is 0 Å². The molecule has 0 bridgehead atoms. The van der Waals surface area contributed by atoms with Crippen molar-refractivity contribution < 1.29 is 31.6 Å². The molecule has 3 aromatic rings. The third kappa shape index (κ3) is 5.79. The van der Waals surface area contributed by atoms with Crippen LogP contribution in [0.5, 0.6) is 5.75 Å². The molecule has 0 fully saturated rings. The van der Waals surface area contributed by atoms with Gasteiger partial charge in [0.05, 0.1) is 0 Å². The van der Waals surface area contributed by atoms with Gasteiger partial charge in [0.25, 0.3) is 0 Å². The first-order chi connectivity index (χ1) is 14.2. The average Bonchev–Trinajstić information content (AvgIpc) is 3.16. The number of benzene rings is 2. The van der Waals surface area contributed by atoms with E-state index in [1.54, 1.807) is 6.07 Å². The summed E-state index contributed by atoms with van der Waals surface area (Å²) in [6.45, 7) is -0.0598. The van der Waals surface area contributed by atoms with Crippen LogP contribution in [0.2, 0.25) is 0 Å². The first-order valence-electron chi connectivity index (χ1n) is 8.87. The van der Waals surface area contributed by atoms with Gasteiger partial charge in [-0.05, 0) is 30.3 Å².